The zero-order valence-corrected chi connectivity index (χ0v) is 15.5. The van der Waals surface area contributed by atoms with Gasteiger partial charge in [0.15, 0.2) is 5.13 Å². The number of carbonyl (C=O) groups excluding carboxylic acids is 1. The summed E-state index contributed by atoms with van der Waals surface area (Å²) in [5.74, 6) is 1.45. The van der Waals surface area contributed by atoms with Gasteiger partial charge in [0.05, 0.1) is 10.2 Å². The lowest BCUT2D eigenvalue weighted by molar-refractivity contribution is 0.0729. The van der Waals surface area contributed by atoms with Gasteiger partial charge in [-0.2, -0.15) is 0 Å². The minimum atomic E-state index is 0.00504. The highest BCUT2D eigenvalue weighted by Crippen LogP contribution is 2.31. The molecule has 4 heterocycles. The van der Waals surface area contributed by atoms with E-state index in [9.17, 15) is 4.79 Å². The molecule has 7 nitrogen and oxygen atoms in total. The maximum atomic E-state index is 12.8. The van der Waals surface area contributed by atoms with Crippen LogP contribution < -0.4 is 4.90 Å². The topological polar surface area (TPSA) is 67.2 Å². The Bertz CT molecular complexity index is 985. The molecule has 2 aliphatic rings. The van der Waals surface area contributed by atoms with Crippen molar-refractivity contribution in [1.82, 2.24) is 24.6 Å². The van der Waals surface area contributed by atoms with E-state index in [0.717, 1.165) is 48.9 Å². The van der Waals surface area contributed by atoms with Crippen molar-refractivity contribution in [2.24, 2.45) is 0 Å². The highest BCUT2D eigenvalue weighted by atomic mass is 32.1. The number of aromatic nitrogens is 4. The van der Waals surface area contributed by atoms with Gasteiger partial charge in [0.2, 0.25) is 5.82 Å². The lowest BCUT2D eigenvalue weighted by Crippen LogP contribution is -2.49. The number of hydrogen-bond acceptors (Lipinski definition) is 6. The normalized spacial score (nSPS) is 17.1. The second-order valence-electron chi connectivity index (χ2n) is 6.89. The Morgan fingerprint density at radius 1 is 1.12 bits per heavy atom. The standard InChI is InChI=1S/C18H20N6OS/c1-12-4-2-5-13-15(12)19-18(26-13)23-10-8-22(9-11-23)17(25)16-21-20-14-6-3-7-24(14)16/h2,4-5H,3,6-11H2,1H3. The molecule has 8 heteroatoms. The zero-order valence-electron chi connectivity index (χ0n) is 14.7. The van der Waals surface area contributed by atoms with Crippen molar-refractivity contribution in [1.29, 1.82) is 0 Å². The van der Waals surface area contributed by atoms with Crippen LogP contribution in [0.15, 0.2) is 18.2 Å². The van der Waals surface area contributed by atoms with Crippen molar-refractivity contribution >= 4 is 32.6 Å². The molecule has 0 spiro atoms. The smallest absolute Gasteiger partial charge is 0.291 e. The molecule has 5 rings (SSSR count). The van der Waals surface area contributed by atoms with Crippen LogP contribution in [0, 0.1) is 6.92 Å². The minimum absolute atomic E-state index is 0.00504. The van der Waals surface area contributed by atoms with Gasteiger partial charge in [-0.05, 0) is 25.0 Å². The number of para-hydroxylation sites is 1. The first-order valence-corrected chi connectivity index (χ1v) is 9.85. The van der Waals surface area contributed by atoms with Gasteiger partial charge in [-0.15, -0.1) is 10.2 Å². The Labute approximate surface area is 155 Å². The molecule has 1 saturated heterocycles. The molecule has 0 saturated carbocycles. The summed E-state index contributed by atoms with van der Waals surface area (Å²) in [4.78, 5) is 21.8. The number of hydrogen-bond donors (Lipinski definition) is 0. The van der Waals surface area contributed by atoms with Gasteiger partial charge in [-0.25, -0.2) is 4.98 Å². The minimum Gasteiger partial charge on any atom is -0.345 e. The van der Waals surface area contributed by atoms with Crippen LogP contribution in [0.25, 0.3) is 10.2 Å². The third-order valence-electron chi connectivity index (χ3n) is 5.25. The van der Waals surface area contributed by atoms with Crippen LogP contribution in [0.1, 0.15) is 28.4 Å². The summed E-state index contributed by atoms with van der Waals surface area (Å²) in [5, 5.41) is 9.33. The molecule has 1 amide bonds. The molecular weight excluding hydrogens is 348 g/mol. The fraction of sp³-hybridized carbons (Fsp3) is 0.444. The van der Waals surface area contributed by atoms with Crippen LogP contribution >= 0.6 is 11.3 Å². The van der Waals surface area contributed by atoms with Crippen LogP contribution in [-0.4, -0.2) is 56.7 Å². The van der Waals surface area contributed by atoms with Crippen LogP contribution in [0.3, 0.4) is 0 Å². The summed E-state index contributed by atoms with van der Waals surface area (Å²) in [7, 11) is 0. The van der Waals surface area contributed by atoms with Gasteiger partial charge in [0.1, 0.15) is 5.82 Å². The number of thiazole rings is 1. The van der Waals surface area contributed by atoms with Gasteiger partial charge >= 0.3 is 0 Å². The van der Waals surface area contributed by atoms with Crippen LogP contribution in [0.4, 0.5) is 5.13 Å². The highest BCUT2D eigenvalue weighted by Gasteiger charge is 2.29. The summed E-state index contributed by atoms with van der Waals surface area (Å²) in [6.07, 6.45) is 1.97. The van der Waals surface area contributed by atoms with Crippen molar-refractivity contribution in [3.63, 3.8) is 0 Å². The predicted molar refractivity (Wildman–Crippen MR) is 101 cm³/mol. The number of aryl methyl sites for hydroxylation is 2. The maximum Gasteiger partial charge on any atom is 0.291 e. The maximum absolute atomic E-state index is 12.8. The fourth-order valence-corrected chi connectivity index (χ4v) is 4.86. The number of fused-ring (bicyclic) bond motifs is 2. The van der Waals surface area contributed by atoms with Crippen LogP contribution in [0.2, 0.25) is 0 Å². The Morgan fingerprint density at radius 3 is 2.77 bits per heavy atom. The lowest BCUT2D eigenvalue weighted by Gasteiger charge is -2.34. The molecule has 0 radical (unpaired) electrons. The number of anilines is 1. The van der Waals surface area contributed by atoms with Crippen molar-refractivity contribution < 1.29 is 4.79 Å². The molecule has 2 aromatic heterocycles. The fourth-order valence-electron chi connectivity index (χ4n) is 3.76. The molecule has 26 heavy (non-hydrogen) atoms. The predicted octanol–water partition coefficient (Wildman–Crippen LogP) is 2.10. The summed E-state index contributed by atoms with van der Waals surface area (Å²) in [6, 6.07) is 6.29. The number of amides is 1. The Hall–Kier alpha value is -2.48. The Kier molecular flexibility index (Phi) is 3.66. The lowest BCUT2D eigenvalue weighted by atomic mass is 10.2. The first-order chi connectivity index (χ1) is 12.7. The quantitative estimate of drug-likeness (QED) is 0.693. The average Bonchev–Trinajstić information content (AvgIpc) is 3.37. The van der Waals surface area contributed by atoms with E-state index in [1.165, 1.54) is 10.3 Å². The van der Waals surface area contributed by atoms with Crippen LogP contribution in [-0.2, 0) is 13.0 Å². The monoisotopic (exact) mass is 368 g/mol. The van der Waals surface area contributed by atoms with E-state index in [4.69, 9.17) is 4.98 Å². The number of carbonyl (C=O) groups is 1. The second-order valence-corrected chi connectivity index (χ2v) is 7.90. The van der Waals surface area contributed by atoms with E-state index in [2.05, 4.69) is 40.2 Å². The molecular formula is C18H20N6OS. The summed E-state index contributed by atoms with van der Waals surface area (Å²) >= 11 is 1.73. The number of benzene rings is 1. The van der Waals surface area contributed by atoms with E-state index in [0.29, 0.717) is 18.9 Å². The van der Waals surface area contributed by atoms with Crippen LogP contribution in [0.5, 0.6) is 0 Å². The van der Waals surface area contributed by atoms with Crippen molar-refractivity contribution in [2.45, 2.75) is 26.3 Å². The van der Waals surface area contributed by atoms with Gasteiger partial charge in [-0.3, -0.25) is 4.79 Å². The third kappa shape index (κ3) is 2.47. The van der Waals surface area contributed by atoms with Crippen molar-refractivity contribution in [3.05, 3.63) is 35.4 Å². The third-order valence-corrected chi connectivity index (χ3v) is 6.33. The summed E-state index contributed by atoms with van der Waals surface area (Å²) in [5.41, 5.74) is 2.30. The van der Waals surface area contributed by atoms with Crippen molar-refractivity contribution in [2.75, 3.05) is 31.1 Å². The van der Waals surface area contributed by atoms with E-state index in [1.807, 2.05) is 9.47 Å². The number of nitrogens with zero attached hydrogens (tertiary/aromatic N) is 6. The van der Waals surface area contributed by atoms with Gasteiger partial charge < -0.3 is 14.4 Å². The van der Waals surface area contributed by atoms with Gasteiger partial charge in [0.25, 0.3) is 5.91 Å². The average molecular weight is 368 g/mol. The van der Waals surface area contributed by atoms with Gasteiger partial charge in [-0.1, -0.05) is 23.5 Å². The molecule has 1 aromatic carbocycles. The number of rotatable bonds is 2. The largest absolute Gasteiger partial charge is 0.345 e. The van der Waals surface area contributed by atoms with E-state index < -0.39 is 0 Å². The Balaban J connectivity index is 1.31. The van der Waals surface area contributed by atoms with E-state index in [-0.39, 0.29) is 5.91 Å². The molecule has 0 bridgehead atoms. The second kappa shape index (κ2) is 6.05. The van der Waals surface area contributed by atoms with Gasteiger partial charge in [0, 0.05) is 39.1 Å². The van der Waals surface area contributed by atoms with E-state index >= 15 is 0 Å². The molecule has 0 atom stereocenters. The Morgan fingerprint density at radius 2 is 1.96 bits per heavy atom. The molecule has 0 aliphatic carbocycles. The molecule has 0 N–H and O–H groups in total. The molecule has 134 valence electrons. The molecule has 3 aromatic rings. The molecule has 0 unspecified atom stereocenters. The molecule has 2 aliphatic heterocycles. The summed E-state index contributed by atoms with van der Waals surface area (Å²) < 4.78 is 3.20. The first kappa shape index (κ1) is 15.7. The van der Waals surface area contributed by atoms with E-state index in [1.54, 1.807) is 11.3 Å². The first-order valence-electron chi connectivity index (χ1n) is 9.03. The SMILES string of the molecule is Cc1cccc2sc(N3CCN(C(=O)c4nnc5n4CCC5)CC3)nc12. The molecule has 1 fully saturated rings. The number of piperazine rings is 1. The zero-order chi connectivity index (χ0) is 17.7. The summed E-state index contributed by atoms with van der Waals surface area (Å²) in [6.45, 7) is 5.93. The highest BCUT2D eigenvalue weighted by molar-refractivity contribution is 7.22. The van der Waals surface area contributed by atoms with Crippen molar-refractivity contribution in [3.8, 4) is 0 Å².